The number of nitrogens with one attached hydrogen (secondary N) is 1. The van der Waals surface area contributed by atoms with E-state index in [-0.39, 0.29) is 23.9 Å². The van der Waals surface area contributed by atoms with Crippen LogP contribution in [0.3, 0.4) is 0 Å². The Morgan fingerprint density at radius 2 is 2.11 bits per heavy atom. The summed E-state index contributed by atoms with van der Waals surface area (Å²) in [5, 5.41) is 2.76. The molecule has 148 valence electrons. The molecule has 1 atom stereocenters. The molecule has 28 heavy (non-hydrogen) atoms. The lowest BCUT2D eigenvalue weighted by atomic mass is 9.86. The first kappa shape index (κ1) is 18.7. The van der Waals surface area contributed by atoms with Gasteiger partial charge in [-0.3, -0.25) is 4.79 Å². The van der Waals surface area contributed by atoms with Crippen molar-refractivity contribution < 1.29 is 18.3 Å². The maximum absolute atomic E-state index is 13.7. The smallest absolute Gasteiger partial charge is 0.225 e. The van der Waals surface area contributed by atoms with Crippen LogP contribution in [0.15, 0.2) is 24.4 Å². The Bertz CT molecular complexity index is 871. The number of amides is 1. The highest BCUT2D eigenvalue weighted by molar-refractivity contribution is 5.79. The minimum absolute atomic E-state index is 0.0424. The molecule has 8 heteroatoms. The van der Waals surface area contributed by atoms with Crippen molar-refractivity contribution in [1.82, 2.24) is 15.3 Å². The minimum atomic E-state index is -0.654. The predicted molar refractivity (Wildman–Crippen MR) is 98.8 cm³/mol. The number of rotatable bonds is 4. The van der Waals surface area contributed by atoms with E-state index in [1.165, 1.54) is 12.1 Å². The van der Waals surface area contributed by atoms with Gasteiger partial charge in [0.15, 0.2) is 0 Å². The van der Waals surface area contributed by atoms with Gasteiger partial charge in [0.25, 0.3) is 0 Å². The van der Waals surface area contributed by atoms with Crippen molar-refractivity contribution in [2.24, 2.45) is 5.92 Å². The van der Waals surface area contributed by atoms with E-state index in [4.69, 9.17) is 4.74 Å². The van der Waals surface area contributed by atoms with Gasteiger partial charge in [-0.05, 0) is 30.9 Å². The van der Waals surface area contributed by atoms with Crippen molar-refractivity contribution in [3.63, 3.8) is 0 Å². The van der Waals surface area contributed by atoms with Crippen LogP contribution in [0.1, 0.15) is 23.2 Å². The highest BCUT2D eigenvalue weighted by atomic mass is 19.1. The monoisotopic (exact) mass is 388 g/mol. The summed E-state index contributed by atoms with van der Waals surface area (Å²) in [6, 6.07) is 3.36. The fraction of sp³-hybridized carbons (Fsp3) is 0.450. The normalized spacial score (nSPS) is 19.2. The van der Waals surface area contributed by atoms with Gasteiger partial charge in [0.1, 0.15) is 11.6 Å². The molecule has 1 aromatic carbocycles. The molecule has 1 unspecified atom stereocenters. The topological polar surface area (TPSA) is 67.4 Å². The molecule has 1 aromatic heterocycles. The summed E-state index contributed by atoms with van der Waals surface area (Å²) in [6.07, 6.45) is 3.77. The summed E-state index contributed by atoms with van der Waals surface area (Å²) in [6.45, 7) is 2.96. The second-order valence-corrected chi connectivity index (χ2v) is 7.13. The van der Waals surface area contributed by atoms with Gasteiger partial charge in [-0.15, -0.1) is 0 Å². The van der Waals surface area contributed by atoms with Gasteiger partial charge in [-0.25, -0.2) is 18.7 Å². The third-order valence-electron chi connectivity index (χ3n) is 5.27. The Morgan fingerprint density at radius 1 is 1.29 bits per heavy atom. The lowest BCUT2D eigenvalue weighted by Crippen LogP contribution is -2.38. The van der Waals surface area contributed by atoms with E-state index in [0.29, 0.717) is 32.5 Å². The van der Waals surface area contributed by atoms with Crippen LogP contribution < -0.4 is 10.2 Å². The predicted octanol–water partition coefficient (Wildman–Crippen LogP) is 2.01. The van der Waals surface area contributed by atoms with Gasteiger partial charge in [0, 0.05) is 49.1 Å². The fourth-order valence-corrected chi connectivity index (χ4v) is 3.63. The minimum Gasteiger partial charge on any atom is -0.378 e. The van der Waals surface area contributed by atoms with Crippen LogP contribution in [-0.2, 0) is 28.9 Å². The van der Waals surface area contributed by atoms with Gasteiger partial charge in [0.2, 0.25) is 11.9 Å². The Hall–Kier alpha value is -2.61. The summed E-state index contributed by atoms with van der Waals surface area (Å²) in [4.78, 5) is 23.8. The van der Waals surface area contributed by atoms with Crippen molar-refractivity contribution in [2.45, 2.75) is 25.8 Å². The number of nitrogens with zero attached hydrogens (tertiary/aromatic N) is 3. The zero-order chi connectivity index (χ0) is 19.5. The van der Waals surface area contributed by atoms with Crippen molar-refractivity contribution in [2.75, 3.05) is 31.2 Å². The number of aryl methyl sites for hydroxylation is 1. The van der Waals surface area contributed by atoms with Crippen LogP contribution in [0, 0.1) is 17.6 Å². The zero-order valence-electron chi connectivity index (χ0n) is 15.5. The molecule has 1 aliphatic carbocycles. The number of anilines is 1. The van der Waals surface area contributed by atoms with E-state index < -0.39 is 11.6 Å². The van der Waals surface area contributed by atoms with Crippen LogP contribution in [0.5, 0.6) is 0 Å². The summed E-state index contributed by atoms with van der Waals surface area (Å²) in [5.41, 5.74) is 2.24. The third-order valence-corrected chi connectivity index (χ3v) is 5.27. The Kier molecular flexibility index (Phi) is 5.47. The molecular weight excluding hydrogens is 366 g/mol. The quantitative estimate of drug-likeness (QED) is 0.868. The number of morpholine rings is 1. The molecule has 1 fully saturated rings. The number of fused-ring (bicyclic) bond motifs is 1. The van der Waals surface area contributed by atoms with Crippen LogP contribution >= 0.6 is 0 Å². The number of carbonyl (C=O) groups excluding carboxylic acids is 1. The van der Waals surface area contributed by atoms with E-state index in [2.05, 4.69) is 20.2 Å². The van der Waals surface area contributed by atoms with E-state index in [0.717, 1.165) is 36.4 Å². The first-order valence-electron chi connectivity index (χ1n) is 9.49. The molecule has 4 rings (SSSR count). The molecule has 0 spiro atoms. The molecule has 0 saturated carbocycles. The van der Waals surface area contributed by atoms with E-state index in [9.17, 15) is 13.6 Å². The molecule has 1 aliphatic heterocycles. The van der Waals surface area contributed by atoms with Gasteiger partial charge >= 0.3 is 0 Å². The Morgan fingerprint density at radius 3 is 2.89 bits per heavy atom. The molecule has 0 radical (unpaired) electrons. The van der Waals surface area contributed by atoms with E-state index in [1.54, 1.807) is 0 Å². The molecule has 1 amide bonds. The van der Waals surface area contributed by atoms with Crippen molar-refractivity contribution in [3.05, 3.63) is 52.9 Å². The van der Waals surface area contributed by atoms with Gasteiger partial charge in [-0.1, -0.05) is 6.07 Å². The van der Waals surface area contributed by atoms with Crippen LogP contribution in [0.25, 0.3) is 0 Å². The summed E-state index contributed by atoms with van der Waals surface area (Å²) < 4.78 is 32.0. The molecule has 6 nitrogen and oxygen atoms in total. The highest BCUT2D eigenvalue weighted by Crippen LogP contribution is 2.26. The third kappa shape index (κ3) is 4.11. The molecule has 0 bridgehead atoms. The lowest BCUT2D eigenvalue weighted by Gasteiger charge is -2.28. The number of halogens is 2. The van der Waals surface area contributed by atoms with Crippen molar-refractivity contribution >= 4 is 11.9 Å². The standard InChI is InChI=1S/C20H22F2N4O2/c21-16-3-1-14(17(22)10-16)11-23-19(27)13-2-4-18-15(9-13)12-24-20(25-18)26-5-7-28-8-6-26/h1,3,10,12-13H,2,4-9,11H2,(H,23,27). The summed E-state index contributed by atoms with van der Waals surface area (Å²) in [5.74, 6) is -0.900. The lowest BCUT2D eigenvalue weighted by molar-refractivity contribution is -0.125. The van der Waals surface area contributed by atoms with Crippen molar-refractivity contribution in [1.29, 1.82) is 0 Å². The maximum atomic E-state index is 13.7. The van der Waals surface area contributed by atoms with Crippen molar-refractivity contribution in [3.8, 4) is 0 Å². The van der Waals surface area contributed by atoms with Crippen LogP contribution in [0.4, 0.5) is 14.7 Å². The second-order valence-electron chi connectivity index (χ2n) is 7.13. The maximum Gasteiger partial charge on any atom is 0.225 e. The first-order valence-corrected chi connectivity index (χ1v) is 9.49. The highest BCUT2D eigenvalue weighted by Gasteiger charge is 2.27. The van der Waals surface area contributed by atoms with E-state index in [1.807, 2.05) is 6.20 Å². The second kappa shape index (κ2) is 8.18. The number of hydrogen-bond donors (Lipinski definition) is 1. The number of aromatic nitrogens is 2. The molecule has 1 saturated heterocycles. The Balaban J connectivity index is 1.37. The molecule has 1 N–H and O–H groups in total. The number of benzene rings is 1. The van der Waals surface area contributed by atoms with E-state index >= 15 is 0 Å². The number of carbonyl (C=O) groups is 1. The van der Waals surface area contributed by atoms with Crippen LogP contribution in [0.2, 0.25) is 0 Å². The fourth-order valence-electron chi connectivity index (χ4n) is 3.63. The van der Waals surface area contributed by atoms with Gasteiger partial charge in [0.05, 0.1) is 13.2 Å². The number of hydrogen-bond acceptors (Lipinski definition) is 5. The SMILES string of the molecule is O=C(NCc1ccc(F)cc1F)C1CCc2nc(N3CCOCC3)ncc2C1. The number of ether oxygens (including phenoxy) is 1. The first-order chi connectivity index (χ1) is 13.6. The molecule has 2 aliphatic rings. The molecular formula is C20H22F2N4O2. The zero-order valence-corrected chi connectivity index (χ0v) is 15.5. The van der Waals surface area contributed by atoms with Gasteiger partial charge < -0.3 is 15.0 Å². The largest absolute Gasteiger partial charge is 0.378 e. The van der Waals surface area contributed by atoms with Gasteiger partial charge in [-0.2, -0.15) is 0 Å². The summed E-state index contributed by atoms with van der Waals surface area (Å²) >= 11 is 0. The molecule has 2 aromatic rings. The Labute approximate surface area is 161 Å². The van der Waals surface area contributed by atoms with Crippen LogP contribution in [-0.4, -0.2) is 42.2 Å². The molecule has 2 heterocycles. The average molecular weight is 388 g/mol. The average Bonchev–Trinajstić information content (AvgIpc) is 2.73. The summed E-state index contributed by atoms with van der Waals surface area (Å²) in [7, 11) is 0.